The first-order valence-electron chi connectivity index (χ1n) is 9.42. The molecule has 0 saturated carbocycles. The number of hydrogen-bond donors (Lipinski definition) is 2. The Kier molecular flexibility index (Phi) is 4.71. The fourth-order valence-electron chi connectivity index (χ4n) is 3.47. The number of aromatic nitrogens is 1. The second kappa shape index (κ2) is 7.06. The van der Waals surface area contributed by atoms with Crippen LogP contribution in [0.2, 0.25) is 5.02 Å². The lowest BCUT2D eigenvalue weighted by Crippen LogP contribution is -2.39. The first-order valence-corrected chi connectivity index (χ1v) is 9.80. The minimum atomic E-state index is -0.493. The van der Waals surface area contributed by atoms with Crippen LogP contribution in [0, 0.1) is 0 Å². The smallest absolute Gasteiger partial charge is 0.410 e. The number of rotatable bonds is 2. The predicted octanol–water partition coefficient (Wildman–Crippen LogP) is 5.86. The van der Waals surface area contributed by atoms with Gasteiger partial charge in [0.1, 0.15) is 5.60 Å². The van der Waals surface area contributed by atoms with Crippen molar-refractivity contribution in [1.29, 1.82) is 0 Å². The van der Waals surface area contributed by atoms with Crippen LogP contribution in [0.15, 0.2) is 42.5 Å². The number of H-pyrrole nitrogens is 1. The third-order valence-electron chi connectivity index (χ3n) is 4.76. The van der Waals surface area contributed by atoms with Crippen LogP contribution in [-0.4, -0.2) is 28.1 Å². The van der Waals surface area contributed by atoms with Crippen molar-refractivity contribution in [2.45, 2.75) is 39.3 Å². The number of halogens is 1. The van der Waals surface area contributed by atoms with Gasteiger partial charge in [0.25, 0.3) is 0 Å². The van der Waals surface area contributed by atoms with E-state index in [1.54, 1.807) is 4.90 Å². The summed E-state index contributed by atoms with van der Waals surface area (Å²) in [7, 11) is 0. The van der Waals surface area contributed by atoms with Crippen LogP contribution >= 0.6 is 11.6 Å². The van der Waals surface area contributed by atoms with Gasteiger partial charge in [0.15, 0.2) is 0 Å². The summed E-state index contributed by atoms with van der Waals surface area (Å²) < 4.78 is 5.55. The molecule has 0 spiro atoms. The highest BCUT2D eigenvalue weighted by atomic mass is 35.5. The van der Waals surface area contributed by atoms with Crippen LogP contribution in [0.4, 0.5) is 16.2 Å². The Morgan fingerprint density at radius 1 is 1.14 bits per heavy atom. The van der Waals surface area contributed by atoms with Crippen molar-refractivity contribution in [3.05, 3.63) is 58.7 Å². The number of nitrogens with zero attached hydrogens (tertiary/aromatic N) is 1. The van der Waals surface area contributed by atoms with E-state index in [-0.39, 0.29) is 6.09 Å². The number of hydrogen-bond acceptors (Lipinski definition) is 3. The molecule has 2 aromatic carbocycles. The highest BCUT2D eigenvalue weighted by molar-refractivity contribution is 6.30. The fraction of sp³-hybridized carbons (Fsp3) is 0.318. The molecule has 2 N–H and O–H groups in total. The van der Waals surface area contributed by atoms with Crippen LogP contribution in [0.5, 0.6) is 0 Å². The van der Waals surface area contributed by atoms with Crippen molar-refractivity contribution in [2.24, 2.45) is 0 Å². The van der Waals surface area contributed by atoms with Gasteiger partial charge in [-0.15, -0.1) is 0 Å². The molecule has 5 nitrogen and oxygen atoms in total. The van der Waals surface area contributed by atoms with E-state index in [1.807, 2.05) is 51.1 Å². The van der Waals surface area contributed by atoms with Gasteiger partial charge in [-0.05, 0) is 63.2 Å². The maximum atomic E-state index is 12.5. The van der Waals surface area contributed by atoms with Gasteiger partial charge in [-0.1, -0.05) is 11.6 Å². The number of carbonyl (C=O) groups excluding carboxylic acids is 1. The van der Waals surface area contributed by atoms with Crippen LogP contribution < -0.4 is 5.32 Å². The molecule has 1 aliphatic rings. The summed E-state index contributed by atoms with van der Waals surface area (Å²) in [6, 6.07) is 13.9. The highest BCUT2D eigenvalue weighted by Crippen LogP contribution is 2.31. The molecule has 1 aromatic heterocycles. The summed E-state index contributed by atoms with van der Waals surface area (Å²) >= 11 is 5.96. The van der Waals surface area contributed by atoms with Crippen molar-refractivity contribution in [3.63, 3.8) is 0 Å². The molecule has 1 aliphatic heterocycles. The topological polar surface area (TPSA) is 57.4 Å². The molecule has 0 fully saturated rings. The van der Waals surface area contributed by atoms with E-state index in [1.165, 1.54) is 5.69 Å². The first kappa shape index (κ1) is 18.7. The van der Waals surface area contributed by atoms with E-state index in [0.717, 1.165) is 34.3 Å². The number of amides is 1. The van der Waals surface area contributed by atoms with E-state index in [9.17, 15) is 4.79 Å². The molecule has 146 valence electrons. The predicted molar refractivity (Wildman–Crippen MR) is 113 cm³/mol. The van der Waals surface area contributed by atoms with Gasteiger partial charge in [-0.2, -0.15) is 0 Å². The molecule has 1 amide bonds. The SMILES string of the molecule is CC(C)(C)OC(=O)N1CCc2[nH]c3ccc(Nc4ccc(Cl)cc4)cc3c2C1. The van der Waals surface area contributed by atoms with Crippen molar-refractivity contribution < 1.29 is 9.53 Å². The summed E-state index contributed by atoms with van der Waals surface area (Å²) in [5.74, 6) is 0. The zero-order valence-corrected chi connectivity index (χ0v) is 17.1. The molecule has 4 rings (SSSR count). The number of nitrogens with one attached hydrogen (secondary N) is 2. The summed E-state index contributed by atoms with van der Waals surface area (Å²) in [6.45, 7) is 6.88. The van der Waals surface area contributed by atoms with E-state index in [0.29, 0.717) is 18.1 Å². The second-order valence-corrected chi connectivity index (χ2v) is 8.56. The molecule has 0 saturated heterocycles. The van der Waals surface area contributed by atoms with E-state index >= 15 is 0 Å². The molecule has 0 atom stereocenters. The monoisotopic (exact) mass is 397 g/mol. The Morgan fingerprint density at radius 3 is 2.57 bits per heavy atom. The summed E-state index contributed by atoms with van der Waals surface area (Å²) in [4.78, 5) is 17.8. The average Bonchev–Trinajstić information content (AvgIpc) is 2.99. The molecule has 0 radical (unpaired) electrons. The number of aromatic amines is 1. The lowest BCUT2D eigenvalue weighted by atomic mass is 10.0. The molecule has 0 aliphatic carbocycles. The average molecular weight is 398 g/mol. The second-order valence-electron chi connectivity index (χ2n) is 8.13. The molecule has 3 aromatic rings. The summed E-state index contributed by atoms with van der Waals surface area (Å²) in [5, 5.41) is 5.25. The van der Waals surface area contributed by atoms with Gasteiger partial charge in [0.05, 0.1) is 6.54 Å². The third kappa shape index (κ3) is 3.94. The van der Waals surface area contributed by atoms with Crippen LogP contribution in [-0.2, 0) is 17.7 Å². The number of ether oxygens (including phenoxy) is 1. The number of benzene rings is 2. The Hall–Kier alpha value is -2.66. The maximum Gasteiger partial charge on any atom is 0.410 e. The van der Waals surface area contributed by atoms with Crippen molar-refractivity contribution in [2.75, 3.05) is 11.9 Å². The fourth-order valence-corrected chi connectivity index (χ4v) is 3.60. The Bertz CT molecular complexity index is 1020. The molecule has 0 bridgehead atoms. The maximum absolute atomic E-state index is 12.5. The summed E-state index contributed by atoms with van der Waals surface area (Å²) in [6.07, 6.45) is 0.534. The van der Waals surface area contributed by atoms with Gasteiger partial charge >= 0.3 is 6.09 Å². The van der Waals surface area contributed by atoms with Crippen LogP contribution in [0.1, 0.15) is 32.0 Å². The number of anilines is 2. The Morgan fingerprint density at radius 2 is 1.86 bits per heavy atom. The molecule has 6 heteroatoms. The standard InChI is InChI=1S/C22H24ClN3O2/c1-22(2,3)28-21(27)26-11-10-20-18(13-26)17-12-16(8-9-19(17)25-20)24-15-6-4-14(23)5-7-15/h4-9,12,24-25H,10-11,13H2,1-3H3. The summed E-state index contributed by atoms with van der Waals surface area (Å²) in [5.41, 5.74) is 4.91. The highest BCUT2D eigenvalue weighted by Gasteiger charge is 2.27. The van der Waals surface area contributed by atoms with Gasteiger partial charge in [-0.3, -0.25) is 0 Å². The molecular formula is C22H24ClN3O2. The van der Waals surface area contributed by atoms with E-state index < -0.39 is 5.60 Å². The van der Waals surface area contributed by atoms with E-state index in [2.05, 4.69) is 22.4 Å². The lowest BCUT2D eigenvalue weighted by Gasteiger charge is -2.30. The molecule has 2 heterocycles. The largest absolute Gasteiger partial charge is 0.444 e. The number of carbonyl (C=O) groups is 1. The first-order chi connectivity index (χ1) is 13.3. The number of fused-ring (bicyclic) bond motifs is 3. The normalized spacial score (nSPS) is 14.1. The third-order valence-corrected chi connectivity index (χ3v) is 5.01. The van der Waals surface area contributed by atoms with Crippen LogP contribution in [0.3, 0.4) is 0 Å². The zero-order chi connectivity index (χ0) is 19.9. The van der Waals surface area contributed by atoms with Crippen molar-refractivity contribution in [1.82, 2.24) is 9.88 Å². The minimum Gasteiger partial charge on any atom is -0.444 e. The lowest BCUT2D eigenvalue weighted by molar-refractivity contribution is 0.0224. The Balaban J connectivity index is 1.60. The van der Waals surface area contributed by atoms with Gasteiger partial charge in [0, 0.05) is 51.5 Å². The minimum absolute atomic E-state index is 0.261. The van der Waals surface area contributed by atoms with Crippen molar-refractivity contribution in [3.8, 4) is 0 Å². The van der Waals surface area contributed by atoms with Gasteiger partial charge in [0.2, 0.25) is 0 Å². The Labute approximate surface area is 169 Å². The zero-order valence-electron chi connectivity index (χ0n) is 16.3. The molecular weight excluding hydrogens is 374 g/mol. The molecule has 0 unspecified atom stereocenters. The van der Waals surface area contributed by atoms with Gasteiger partial charge in [-0.25, -0.2) is 4.79 Å². The van der Waals surface area contributed by atoms with Gasteiger partial charge < -0.3 is 19.9 Å². The van der Waals surface area contributed by atoms with Crippen molar-refractivity contribution >= 4 is 40.0 Å². The molecule has 28 heavy (non-hydrogen) atoms. The van der Waals surface area contributed by atoms with E-state index in [4.69, 9.17) is 16.3 Å². The quantitative estimate of drug-likeness (QED) is 0.569. The van der Waals surface area contributed by atoms with Crippen LogP contribution in [0.25, 0.3) is 10.9 Å².